The minimum atomic E-state index is -0.290. The Morgan fingerprint density at radius 1 is 1.00 bits per heavy atom. The first kappa shape index (κ1) is 15.4. The molecule has 4 rings (SSSR count). The standard InChI is InChI=1S/C20H19N3O2/c24-19(11-16-12-21-18-7-2-1-6-17(16)18)22-23-20(25)15-9-8-13-4-3-5-14(13)10-15/h1-2,6-10,12,21H,3-5,11H2,(H,22,24)(H,23,25). The van der Waals surface area contributed by atoms with Crippen LogP contribution >= 0.6 is 0 Å². The van der Waals surface area contributed by atoms with E-state index in [1.54, 1.807) is 0 Å². The maximum Gasteiger partial charge on any atom is 0.269 e. The maximum absolute atomic E-state index is 12.2. The highest BCUT2D eigenvalue weighted by atomic mass is 16.2. The normalized spacial score (nSPS) is 12.8. The molecule has 0 atom stereocenters. The van der Waals surface area contributed by atoms with Crippen LogP contribution in [-0.2, 0) is 24.1 Å². The van der Waals surface area contributed by atoms with Crippen LogP contribution in [0.25, 0.3) is 10.9 Å². The van der Waals surface area contributed by atoms with E-state index in [9.17, 15) is 9.59 Å². The van der Waals surface area contributed by atoms with Crippen molar-refractivity contribution in [2.75, 3.05) is 0 Å². The van der Waals surface area contributed by atoms with Gasteiger partial charge < -0.3 is 4.98 Å². The third-order valence-electron chi connectivity index (χ3n) is 4.70. The molecule has 1 aliphatic rings. The number of hydrogen-bond acceptors (Lipinski definition) is 2. The number of hydrogen-bond donors (Lipinski definition) is 3. The zero-order valence-electron chi connectivity index (χ0n) is 13.8. The van der Waals surface area contributed by atoms with E-state index in [0.717, 1.165) is 35.7 Å². The molecule has 3 N–H and O–H groups in total. The fraction of sp³-hybridized carbons (Fsp3) is 0.200. The fourth-order valence-corrected chi connectivity index (χ4v) is 3.41. The van der Waals surface area contributed by atoms with Gasteiger partial charge in [-0.25, -0.2) is 0 Å². The number of aromatic nitrogens is 1. The fourth-order valence-electron chi connectivity index (χ4n) is 3.41. The predicted molar refractivity (Wildman–Crippen MR) is 96.1 cm³/mol. The van der Waals surface area contributed by atoms with Gasteiger partial charge in [0.2, 0.25) is 5.91 Å². The molecule has 2 amide bonds. The lowest BCUT2D eigenvalue weighted by molar-refractivity contribution is -0.121. The Morgan fingerprint density at radius 2 is 1.84 bits per heavy atom. The Bertz CT molecular complexity index is 958. The van der Waals surface area contributed by atoms with Crippen LogP contribution in [0.1, 0.15) is 33.5 Å². The van der Waals surface area contributed by atoms with E-state index in [4.69, 9.17) is 0 Å². The van der Waals surface area contributed by atoms with E-state index in [-0.39, 0.29) is 18.2 Å². The zero-order valence-corrected chi connectivity index (χ0v) is 13.8. The van der Waals surface area contributed by atoms with Gasteiger partial charge in [-0.15, -0.1) is 0 Å². The lowest BCUT2D eigenvalue weighted by Crippen LogP contribution is -2.42. The number of nitrogens with one attached hydrogen (secondary N) is 3. The van der Waals surface area contributed by atoms with Crippen molar-refractivity contribution in [2.24, 2.45) is 0 Å². The summed E-state index contributed by atoms with van der Waals surface area (Å²) in [4.78, 5) is 27.5. The smallest absolute Gasteiger partial charge is 0.269 e. The second kappa shape index (κ2) is 6.43. The molecule has 0 aliphatic heterocycles. The number of fused-ring (bicyclic) bond motifs is 2. The monoisotopic (exact) mass is 333 g/mol. The first-order chi connectivity index (χ1) is 12.2. The Labute approximate surface area is 145 Å². The summed E-state index contributed by atoms with van der Waals surface area (Å²) >= 11 is 0. The predicted octanol–water partition coefficient (Wildman–Crippen LogP) is 2.66. The van der Waals surface area contributed by atoms with Gasteiger partial charge in [0, 0.05) is 22.7 Å². The SMILES string of the molecule is O=C(Cc1c[nH]c2ccccc12)NNC(=O)c1ccc2c(c1)CCC2. The summed E-state index contributed by atoms with van der Waals surface area (Å²) in [6, 6.07) is 13.6. The summed E-state index contributed by atoms with van der Waals surface area (Å²) in [5, 5.41) is 1.02. The molecule has 0 radical (unpaired) electrons. The van der Waals surface area contributed by atoms with Crippen LogP contribution in [0.15, 0.2) is 48.7 Å². The van der Waals surface area contributed by atoms with Gasteiger partial charge in [-0.05, 0) is 54.2 Å². The topological polar surface area (TPSA) is 74.0 Å². The lowest BCUT2D eigenvalue weighted by atomic mass is 10.1. The molecule has 5 nitrogen and oxygen atoms in total. The van der Waals surface area contributed by atoms with Crippen LogP contribution in [0, 0.1) is 0 Å². The molecule has 126 valence electrons. The quantitative estimate of drug-likeness (QED) is 0.645. The number of para-hydroxylation sites is 1. The molecule has 0 spiro atoms. The zero-order chi connectivity index (χ0) is 17.2. The number of hydrazine groups is 1. The van der Waals surface area contributed by atoms with Gasteiger partial charge in [0.05, 0.1) is 6.42 Å². The number of rotatable bonds is 3. The summed E-state index contributed by atoms with van der Waals surface area (Å²) in [5.74, 6) is -0.541. The molecule has 0 fully saturated rings. The number of amides is 2. The molecule has 1 aromatic heterocycles. The van der Waals surface area contributed by atoms with Crippen LogP contribution in [0.5, 0.6) is 0 Å². The van der Waals surface area contributed by atoms with Crippen molar-refractivity contribution in [3.8, 4) is 0 Å². The Kier molecular flexibility index (Phi) is 3.98. The number of H-pyrrole nitrogens is 1. The molecular formula is C20H19N3O2. The number of carbonyl (C=O) groups is 2. The number of carbonyl (C=O) groups excluding carboxylic acids is 2. The number of aromatic amines is 1. The molecule has 3 aromatic rings. The van der Waals surface area contributed by atoms with Gasteiger partial charge in [-0.1, -0.05) is 24.3 Å². The Morgan fingerprint density at radius 3 is 2.76 bits per heavy atom. The van der Waals surface area contributed by atoms with E-state index in [0.29, 0.717) is 5.56 Å². The maximum atomic E-state index is 12.2. The molecule has 5 heteroatoms. The molecule has 0 unspecified atom stereocenters. The van der Waals surface area contributed by atoms with Crippen molar-refractivity contribution in [1.29, 1.82) is 0 Å². The molecule has 0 bridgehead atoms. The van der Waals surface area contributed by atoms with Gasteiger partial charge in [-0.2, -0.15) is 0 Å². The summed E-state index contributed by atoms with van der Waals surface area (Å²) in [7, 11) is 0. The first-order valence-electron chi connectivity index (χ1n) is 8.47. The van der Waals surface area contributed by atoms with E-state index in [2.05, 4.69) is 15.8 Å². The van der Waals surface area contributed by atoms with Crippen LogP contribution < -0.4 is 10.9 Å². The van der Waals surface area contributed by atoms with Crippen LogP contribution in [-0.4, -0.2) is 16.8 Å². The average Bonchev–Trinajstić information content (AvgIpc) is 3.26. The van der Waals surface area contributed by atoms with Crippen LogP contribution in [0.4, 0.5) is 0 Å². The Hall–Kier alpha value is -3.08. The second-order valence-electron chi connectivity index (χ2n) is 6.38. The third-order valence-corrected chi connectivity index (χ3v) is 4.70. The highest BCUT2D eigenvalue weighted by Crippen LogP contribution is 2.22. The Balaban J connectivity index is 1.37. The van der Waals surface area contributed by atoms with E-state index in [1.165, 1.54) is 11.1 Å². The molecule has 0 saturated carbocycles. The van der Waals surface area contributed by atoms with Crippen molar-refractivity contribution in [3.63, 3.8) is 0 Å². The highest BCUT2D eigenvalue weighted by molar-refractivity contribution is 5.96. The number of aryl methyl sites for hydroxylation is 2. The minimum absolute atomic E-state index is 0.203. The molecule has 2 aromatic carbocycles. The molecule has 25 heavy (non-hydrogen) atoms. The number of benzene rings is 2. The van der Waals surface area contributed by atoms with Gasteiger partial charge in [0.1, 0.15) is 0 Å². The molecule has 0 saturated heterocycles. The van der Waals surface area contributed by atoms with Gasteiger partial charge in [0.25, 0.3) is 5.91 Å². The first-order valence-corrected chi connectivity index (χ1v) is 8.47. The van der Waals surface area contributed by atoms with E-state index in [1.807, 2.05) is 48.7 Å². The summed E-state index contributed by atoms with van der Waals surface area (Å²) in [5.41, 5.74) is 10.0. The second-order valence-corrected chi connectivity index (χ2v) is 6.38. The van der Waals surface area contributed by atoms with Crippen molar-refractivity contribution in [3.05, 3.63) is 70.9 Å². The summed E-state index contributed by atoms with van der Waals surface area (Å²) < 4.78 is 0. The van der Waals surface area contributed by atoms with Crippen molar-refractivity contribution in [1.82, 2.24) is 15.8 Å². The summed E-state index contributed by atoms with van der Waals surface area (Å²) in [6.45, 7) is 0. The van der Waals surface area contributed by atoms with E-state index < -0.39 is 0 Å². The van der Waals surface area contributed by atoms with Gasteiger partial charge in [0.15, 0.2) is 0 Å². The van der Waals surface area contributed by atoms with Gasteiger partial charge >= 0.3 is 0 Å². The van der Waals surface area contributed by atoms with Gasteiger partial charge in [-0.3, -0.25) is 20.4 Å². The third kappa shape index (κ3) is 3.13. The van der Waals surface area contributed by atoms with Crippen LogP contribution in [0.2, 0.25) is 0 Å². The van der Waals surface area contributed by atoms with Crippen LogP contribution in [0.3, 0.4) is 0 Å². The molecular weight excluding hydrogens is 314 g/mol. The van der Waals surface area contributed by atoms with Crippen molar-refractivity contribution >= 4 is 22.7 Å². The van der Waals surface area contributed by atoms with Crippen molar-refractivity contribution < 1.29 is 9.59 Å². The molecule has 1 heterocycles. The lowest BCUT2D eigenvalue weighted by Gasteiger charge is -2.08. The largest absolute Gasteiger partial charge is 0.361 e. The van der Waals surface area contributed by atoms with Crippen molar-refractivity contribution in [2.45, 2.75) is 25.7 Å². The molecule has 1 aliphatic carbocycles. The van der Waals surface area contributed by atoms with E-state index >= 15 is 0 Å². The summed E-state index contributed by atoms with van der Waals surface area (Å²) in [6.07, 6.45) is 5.27. The average molecular weight is 333 g/mol. The highest BCUT2D eigenvalue weighted by Gasteiger charge is 2.15. The minimum Gasteiger partial charge on any atom is -0.361 e.